The van der Waals surface area contributed by atoms with Crippen molar-refractivity contribution >= 4 is 17.4 Å². The maximum Gasteiger partial charge on any atom is 0.0400 e. The summed E-state index contributed by atoms with van der Waals surface area (Å²) < 4.78 is 0. The molecule has 2 rings (SSSR count). The number of benzene rings is 2. The molecule has 0 aromatic heterocycles. The molecule has 0 aliphatic carbocycles. The first-order valence-electron chi connectivity index (χ1n) is 6.78. The Morgan fingerprint density at radius 3 is 2.42 bits per heavy atom. The molecule has 0 atom stereocenters. The van der Waals surface area contributed by atoms with Gasteiger partial charge in [-0.25, -0.2) is 0 Å². The van der Waals surface area contributed by atoms with Crippen LogP contribution in [0.3, 0.4) is 0 Å². The Balaban J connectivity index is 2.01. The van der Waals surface area contributed by atoms with Crippen LogP contribution >= 0.6 is 11.8 Å². The van der Waals surface area contributed by atoms with Crippen LogP contribution in [0.5, 0.6) is 0 Å². The number of hydrogen-bond acceptors (Lipinski definition) is 2. The topological polar surface area (TPSA) is 12.0 Å². The third kappa shape index (κ3) is 4.03. The first-order chi connectivity index (χ1) is 9.33. The second-order valence-corrected chi connectivity index (χ2v) is 5.49. The van der Waals surface area contributed by atoms with Gasteiger partial charge in [-0.2, -0.15) is 0 Å². The van der Waals surface area contributed by atoms with Gasteiger partial charge in [-0.05, 0) is 42.0 Å². The smallest absolute Gasteiger partial charge is 0.0400 e. The monoisotopic (exact) mass is 271 g/mol. The molecule has 100 valence electrons. The van der Waals surface area contributed by atoms with Gasteiger partial charge in [-0.3, -0.25) is 0 Å². The van der Waals surface area contributed by atoms with Gasteiger partial charge in [0, 0.05) is 17.1 Å². The number of thioether (sulfide) groups is 1. The van der Waals surface area contributed by atoms with Crippen LogP contribution in [0.2, 0.25) is 0 Å². The zero-order valence-corrected chi connectivity index (χ0v) is 12.5. The fourth-order valence-corrected chi connectivity index (χ4v) is 2.53. The van der Waals surface area contributed by atoms with E-state index in [1.807, 2.05) is 0 Å². The minimum Gasteiger partial charge on any atom is -0.381 e. The van der Waals surface area contributed by atoms with Crippen molar-refractivity contribution < 1.29 is 0 Å². The van der Waals surface area contributed by atoms with Crippen LogP contribution < -0.4 is 5.32 Å². The highest BCUT2D eigenvalue weighted by atomic mass is 32.2. The summed E-state index contributed by atoms with van der Waals surface area (Å²) in [6.07, 6.45) is 4.42. The van der Waals surface area contributed by atoms with Crippen molar-refractivity contribution in [2.24, 2.45) is 0 Å². The lowest BCUT2D eigenvalue weighted by Crippen LogP contribution is -2.02. The Morgan fingerprint density at radius 1 is 1.00 bits per heavy atom. The van der Waals surface area contributed by atoms with E-state index in [-0.39, 0.29) is 0 Å². The summed E-state index contributed by atoms with van der Waals surface area (Å²) in [6.45, 7) is 3.10. The van der Waals surface area contributed by atoms with E-state index in [4.69, 9.17) is 0 Å². The fraction of sp³-hybridized carbons (Fsp3) is 0.294. The molecule has 0 fully saturated rings. The summed E-state index contributed by atoms with van der Waals surface area (Å²) in [7, 11) is 0. The first kappa shape index (κ1) is 14.0. The van der Waals surface area contributed by atoms with E-state index in [1.165, 1.54) is 28.1 Å². The average Bonchev–Trinajstić information content (AvgIpc) is 2.47. The van der Waals surface area contributed by atoms with Crippen LogP contribution in [-0.4, -0.2) is 6.26 Å². The summed E-state index contributed by atoms with van der Waals surface area (Å²) >= 11 is 1.78. The lowest BCUT2D eigenvalue weighted by Gasteiger charge is -2.11. The van der Waals surface area contributed by atoms with Gasteiger partial charge in [0.2, 0.25) is 0 Å². The predicted octanol–water partition coefficient (Wildman–Crippen LogP) is 4.97. The van der Waals surface area contributed by atoms with Crippen molar-refractivity contribution in [3.8, 4) is 0 Å². The SMILES string of the molecule is CCCc1ccccc1NCc1ccc(SC)cc1. The molecule has 0 amide bonds. The normalized spacial score (nSPS) is 10.4. The van der Waals surface area contributed by atoms with Crippen LogP contribution in [0.25, 0.3) is 0 Å². The number of para-hydroxylation sites is 1. The van der Waals surface area contributed by atoms with Crippen molar-refractivity contribution in [1.82, 2.24) is 0 Å². The number of aryl methyl sites for hydroxylation is 1. The van der Waals surface area contributed by atoms with Gasteiger partial charge in [0.05, 0.1) is 0 Å². The Kier molecular flexibility index (Phi) is 5.34. The molecule has 0 unspecified atom stereocenters. The molecular weight excluding hydrogens is 250 g/mol. The Labute approximate surface area is 120 Å². The summed E-state index contributed by atoms with van der Waals surface area (Å²) in [5.74, 6) is 0. The molecule has 0 saturated heterocycles. The largest absolute Gasteiger partial charge is 0.381 e. The molecule has 2 aromatic carbocycles. The van der Waals surface area contributed by atoms with Crippen molar-refractivity contribution in [3.63, 3.8) is 0 Å². The van der Waals surface area contributed by atoms with Gasteiger partial charge in [-0.1, -0.05) is 43.7 Å². The minimum absolute atomic E-state index is 0.884. The molecule has 0 saturated carbocycles. The number of rotatable bonds is 6. The van der Waals surface area contributed by atoms with Crippen molar-refractivity contribution in [3.05, 3.63) is 59.7 Å². The Bertz CT molecular complexity index is 505. The van der Waals surface area contributed by atoms with E-state index in [9.17, 15) is 0 Å². The summed E-state index contributed by atoms with van der Waals surface area (Å²) in [5, 5.41) is 3.55. The maximum absolute atomic E-state index is 3.55. The van der Waals surface area contributed by atoms with Gasteiger partial charge in [-0.15, -0.1) is 11.8 Å². The van der Waals surface area contributed by atoms with Gasteiger partial charge in [0.15, 0.2) is 0 Å². The van der Waals surface area contributed by atoms with Gasteiger partial charge < -0.3 is 5.32 Å². The summed E-state index contributed by atoms with van der Waals surface area (Å²) in [5.41, 5.74) is 3.99. The molecule has 0 bridgehead atoms. The van der Waals surface area contributed by atoms with E-state index in [0.29, 0.717) is 0 Å². The molecule has 1 N–H and O–H groups in total. The minimum atomic E-state index is 0.884. The molecule has 1 nitrogen and oxygen atoms in total. The second-order valence-electron chi connectivity index (χ2n) is 4.61. The first-order valence-corrected chi connectivity index (χ1v) is 8.00. The molecule has 19 heavy (non-hydrogen) atoms. The molecule has 0 aliphatic rings. The van der Waals surface area contributed by atoms with Crippen LogP contribution in [0.4, 0.5) is 5.69 Å². The Morgan fingerprint density at radius 2 is 1.74 bits per heavy atom. The predicted molar refractivity (Wildman–Crippen MR) is 86.0 cm³/mol. The lowest BCUT2D eigenvalue weighted by atomic mass is 10.1. The molecule has 0 heterocycles. The number of nitrogens with one attached hydrogen (secondary N) is 1. The lowest BCUT2D eigenvalue weighted by molar-refractivity contribution is 0.919. The zero-order valence-electron chi connectivity index (χ0n) is 11.6. The van der Waals surface area contributed by atoms with E-state index in [2.05, 4.69) is 67.0 Å². The van der Waals surface area contributed by atoms with E-state index in [0.717, 1.165) is 13.0 Å². The summed E-state index contributed by atoms with van der Waals surface area (Å²) in [6, 6.07) is 17.3. The van der Waals surface area contributed by atoms with E-state index in [1.54, 1.807) is 11.8 Å². The van der Waals surface area contributed by atoms with Crippen LogP contribution in [-0.2, 0) is 13.0 Å². The third-order valence-electron chi connectivity index (χ3n) is 3.18. The van der Waals surface area contributed by atoms with Crippen LogP contribution in [0, 0.1) is 0 Å². The average molecular weight is 271 g/mol. The standard InChI is InChI=1S/C17H21NS/c1-3-6-15-7-4-5-8-17(15)18-13-14-9-11-16(19-2)12-10-14/h4-5,7-12,18H,3,6,13H2,1-2H3. The van der Waals surface area contributed by atoms with Gasteiger partial charge in [0.1, 0.15) is 0 Å². The summed E-state index contributed by atoms with van der Waals surface area (Å²) in [4.78, 5) is 1.31. The van der Waals surface area contributed by atoms with Gasteiger partial charge >= 0.3 is 0 Å². The molecule has 2 aromatic rings. The Hall–Kier alpha value is -1.41. The zero-order chi connectivity index (χ0) is 13.5. The number of hydrogen-bond donors (Lipinski definition) is 1. The molecule has 2 heteroatoms. The van der Waals surface area contributed by atoms with Crippen LogP contribution in [0.15, 0.2) is 53.4 Å². The van der Waals surface area contributed by atoms with E-state index >= 15 is 0 Å². The van der Waals surface area contributed by atoms with Crippen molar-refractivity contribution in [1.29, 1.82) is 0 Å². The highest BCUT2D eigenvalue weighted by molar-refractivity contribution is 7.98. The van der Waals surface area contributed by atoms with Crippen LogP contribution in [0.1, 0.15) is 24.5 Å². The van der Waals surface area contributed by atoms with Crippen molar-refractivity contribution in [2.75, 3.05) is 11.6 Å². The van der Waals surface area contributed by atoms with Crippen molar-refractivity contribution in [2.45, 2.75) is 31.2 Å². The van der Waals surface area contributed by atoms with Gasteiger partial charge in [0.25, 0.3) is 0 Å². The maximum atomic E-state index is 3.55. The molecule has 0 aliphatic heterocycles. The van der Waals surface area contributed by atoms with E-state index < -0.39 is 0 Å². The molecule has 0 radical (unpaired) electrons. The fourth-order valence-electron chi connectivity index (χ4n) is 2.12. The second kappa shape index (κ2) is 7.25. The molecule has 0 spiro atoms. The third-order valence-corrected chi connectivity index (χ3v) is 3.92. The molecular formula is C17H21NS. The highest BCUT2D eigenvalue weighted by Crippen LogP contribution is 2.19. The number of anilines is 1. The quantitative estimate of drug-likeness (QED) is 0.744. The highest BCUT2D eigenvalue weighted by Gasteiger charge is 2.00.